The maximum atomic E-state index is 5.02. The summed E-state index contributed by atoms with van der Waals surface area (Å²) in [5, 5.41) is 3.35. The first-order chi connectivity index (χ1) is 8.13. The molecule has 0 aromatic carbocycles. The van der Waals surface area contributed by atoms with Crippen molar-refractivity contribution in [1.82, 2.24) is 14.5 Å². The smallest absolute Gasteiger partial charge is 0.203 e. The summed E-state index contributed by atoms with van der Waals surface area (Å²) in [5.41, 5.74) is 1.05. The number of hydrogen-bond acceptors (Lipinski definition) is 4. The van der Waals surface area contributed by atoms with E-state index < -0.39 is 0 Å². The summed E-state index contributed by atoms with van der Waals surface area (Å²) in [6.45, 7) is 5.67. The van der Waals surface area contributed by atoms with Gasteiger partial charge in [0.15, 0.2) is 0 Å². The average Bonchev–Trinajstić information content (AvgIpc) is 2.62. The van der Waals surface area contributed by atoms with E-state index in [1.54, 1.807) is 7.11 Å². The standard InChI is InChI=1S/C12H24N4O/c1-11-10-16(8-7-15(2)3)12(14-11)13-6-5-9-17-4/h10H,5-9H2,1-4H3,(H,13,14). The Labute approximate surface area is 104 Å². The van der Waals surface area contributed by atoms with E-state index >= 15 is 0 Å². The number of aryl methyl sites for hydroxylation is 1. The molecule has 0 amide bonds. The van der Waals surface area contributed by atoms with Gasteiger partial charge in [0.05, 0.1) is 5.69 Å². The van der Waals surface area contributed by atoms with E-state index in [0.29, 0.717) is 0 Å². The molecule has 17 heavy (non-hydrogen) atoms. The molecule has 0 unspecified atom stereocenters. The Kier molecular flexibility index (Phi) is 6.00. The first-order valence-corrected chi connectivity index (χ1v) is 6.05. The van der Waals surface area contributed by atoms with Crippen LogP contribution < -0.4 is 5.32 Å². The van der Waals surface area contributed by atoms with Gasteiger partial charge in [-0.1, -0.05) is 0 Å². The number of ether oxygens (including phenoxy) is 1. The zero-order valence-corrected chi connectivity index (χ0v) is 11.4. The third kappa shape index (κ3) is 5.19. The maximum absolute atomic E-state index is 5.02. The van der Waals surface area contributed by atoms with Crippen molar-refractivity contribution in [3.8, 4) is 0 Å². The predicted molar refractivity (Wildman–Crippen MR) is 70.5 cm³/mol. The monoisotopic (exact) mass is 240 g/mol. The van der Waals surface area contributed by atoms with Gasteiger partial charge in [0.25, 0.3) is 0 Å². The van der Waals surface area contributed by atoms with Crippen LogP contribution in [0.4, 0.5) is 5.95 Å². The number of methoxy groups -OCH3 is 1. The molecule has 1 N–H and O–H groups in total. The van der Waals surface area contributed by atoms with Crippen molar-refractivity contribution in [2.45, 2.75) is 19.9 Å². The summed E-state index contributed by atoms with van der Waals surface area (Å²) < 4.78 is 7.19. The van der Waals surface area contributed by atoms with Crippen LogP contribution in [0.1, 0.15) is 12.1 Å². The van der Waals surface area contributed by atoms with Crippen LogP contribution in [0.3, 0.4) is 0 Å². The summed E-state index contributed by atoms with van der Waals surface area (Å²) in [4.78, 5) is 6.65. The van der Waals surface area contributed by atoms with Gasteiger partial charge in [-0.3, -0.25) is 0 Å². The zero-order valence-electron chi connectivity index (χ0n) is 11.4. The molecule has 0 fully saturated rings. The second kappa shape index (κ2) is 7.29. The second-order valence-electron chi connectivity index (χ2n) is 4.48. The molecule has 5 nitrogen and oxygen atoms in total. The molecule has 0 aliphatic heterocycles. The van der Waals surface area contributed by atoms with Gasteiger partial charge in [-0.15, -0.1) is 0 Å². The molecule has 0 saturated carbocycles. The summed E-state index contributed by atoms with van der Waals surface area (Å²) in [6, 6.07) is 0. The number of nitrogens with zero attached hydrogens (tertiary/aromatic N) is 3. The molecule has 0 radical (unpaired) electrons. The van der Waals surface area contributed by atoms with E-state index in [2.05, 4.69) is 40.1 Å². The minimum Gasteiger partial charge on any atom is -0.385 e. The van der Waals surface area contributed by atoms with Crippen molar-refractivity contribution in [2.24, 2.45) is 0 Å². The van der Waals surface area contributed by atoms with Crippen LogP contribution in [0.2, 0.25) is 0 Å². The molecule has 1 aromatic rings. The van der Waals surface area contributed by atoms with E-state index in [4.69, 9.17) is 4.74 Å². The third-order valence-electron chi connectivity index (χ3n) is 2.49. The molecule has 1 aromatic heterocycles. The maximum Gasteiger partial charge on any atom is 0.203 e. The van der Waals surface area contributed by atoms with Crippen LogP contribution in [-0.2, 0) is 11.3 Å². The van der Waals surface area contributed by atoms with Crippen molar-refractivity contribution in [3.05, 3.63) is 11.9 Å². The second-order valence-corrected chi connectivity index (χ2v) is 4.48. The number of imidazole rings is 1. The van der Waals surface area contributed by atoms with Gasteiger partial charge in [-0.2, -0.15) is 0 Å². The molecular formula is C12H24N4O. The summed E-state index contributed by atoms with van der Waals surface area (Å²) in [7, 11) is 5.88. The molecule has 0 aliphatic rings. The van der Waals surface area contributed by atoms with Gasteiger partial charge >= 0.3 is 0 Å². The van der Waals surface area contributed by atoms with Crippen molar-refractivity contribution < 1.29 is 4.74 Å². The molecule has 0 saturated heterocycles. The molecule has 0 bridgehead atoms. The molecule has 1 heterocycles. The lowest BCUT2D eigenvalue weighted by Crippen LogP contribution is -2.19. The van der Waals surface area contributed by atoms with Gasteiger partial charge in [-0.05, 0) is 27.4 Å². The number of aromatic nitrogens is 2. The molecule has 1 rings (SSSR count). The minimum atomic E-state index is 0.782. The van der Waals surface area contributed by atoms with Gasteiger partial charge in [-0.25, -0.2) is 4.98 Å². The van der Waals surface area contributed by atoms with Gasteiger partial charge in [0.1, 0.15) is 0 Å². The van der Waals surface area contributed by atoms with Crippen molar-refractivity contribution >= 4 is 5.95 Å². The number of hydrogen-bond donors (Lipinski definition) is 1. The fourth-order valence-electron chi connectivity index (χ4n) is 1.58. The summed E-state index contributed by atoms with van der Waals surface area (Å²) in [6.07, 6.45) is 3.08. The van der Waals surface area contributed by atoms with Crippen molar-refractivity contribution in [1.29, 1.82) is 0 Å². The van der Waals surface area contributed by atoms with Crippen LogP contribution in [0.15, 0.2) is 6.20 Å². The fraction of sp³-hybridized carbons (Fsp3) is 0.750. The van der Waals surface area contributed by atoms with Gasteiger partial charge < -0.3 is 19.5 Å². The predicted octanol–water partition coefficient (Wildman–Crippen LogP) is 1.20. The largest absolute Gasteiger partial charge is 0.385 e. The molecule has 0 aliphatic carbocycles. The molecule has 98 valence electrons. The quantitative estimate of drug-likeness (QED) is 0.693. The molecule has 0 atom stereocenters. The Balaban J connectivity index is 2.46. The highest BCUT2D eigenvalue weighted by atomic mass is 16.5. The van der Waals surface area contributed by atoms with Gasteiger partial charge in [0, 0.05) is 39.5 Å². The molecular weight excluding hydrogens is 216 g/mol. The number of rotatable bonds is 8. The summed E-state index contributed by atoms with van der Waals surface area (Å²) in [5.74, 6) is 0.959. The fourth-order valence-corrected chi connectivity index (χ4v) is 1.58. The highest BCUT2D eigenvalue weighted by Crippen LogP contribution is 2.08. The van der Waals surface area contributed by atoms with E-state index in [9.17, 15) is 0 Å². The van der Waals surface area contributed by atoms with E-state index in [1.807, 2.05) is 6.92 Å². The minimum absolute atomic E-state index is 0.782. The average molecular weight is 240 g/mol. The topological polar surface area (TPSA) is 42.3 Å². The lowest BCUT2D eigenvalue weighted by atomic mass is 10.4. The highest BCUT2D eigenvalue weighted by Gasteiger charge is 2.04. The normalized spacial score (nSPS) is 11.1. The van der Waals surface area contributed by atoms with Crippen molar-refractivity contribution in [3.63, 3.8) is 0 Å². The number of nitrogens with one attached hydrogen (secondary N) is 1. The Bertz CT molecular complexity index is 322. The van der Waals surface area contributed by atoms with E-state index in [1.165, 1.54) is 0 Å². The lowest BCUT2D eigenvalue weighted by molar-refractivity contribution is 0.197. The van der Waals surface area contributed by atoms with Gasteiger partial charge in [0.2, 0.25) is 5.95 Å². The lowest BCUT2D eigenvalue weighted by Gasteiger charge is -2.13. The first-order valence-electron chi connectivity index (χ1n) is 6.05. The third-order valence-corrected chi connectivity index (χ3v) is 2.49. The van der Waals surface area contributed by atoms with E-state index in [-0.39, 0.29) is 0 Å². The van der Waals surface area contributed by atoms with E-state index in [0.717, 1.165) is 44.3 Å². The number of anilines is 1. The van der Waals surface area contributed by atoms with Crippen molar-refractivity contribution in [2.75, 3.05) is 46.2 Å². The Hall–Kier alpha value is -1.07. The van der Waals surface area contributed by atoms with Crippen LogP contribution in [-0.4, -0.2) is 55.4 Å². The zero-order chi connectivity index (χ0) is 12.7. The molecule has 5 heteroatoms. The van der Waals surface area contributed by atoms with Crippen LogP contribution >= 0.6 is 0 Å². The Morgan fingerprint density at radius 3 is 2.88 bits per heavy atom. The highest BCUT2D eigenvalue weighted by molar-refractivity contribution is 5.28. The molecule has 0 spiro atoms. The SMILES string of the molecule is COCCCNc1nc(C)cn1CCN(C)C. The summed E-state index contributed by atoms with van der Waals surface area (Å²) >= 11 is 0. The number of likely N-dealkylation sites (N-methyl/N-ethyl adjacent to an activating group) is 1. The van der Waals surface area contributed by atoms with Crippen LogP contribution in [0.25, 0.3) is 0 Å². The first kappa shape index (κ1) is 14.0. The van der Waals surface area contributed by atoms with Crippen LogP contribution in [0, 0.1) is 6.92 Å². The van der Waals surface area contributed by atoms with Crippen LogP contribution in [0.5, 0.6) is 0 Å². The Morgan fingerprint density at radius 2 is 2.24 bits per heavy atom. The Morgan fingerprint density at radius 1 is 1.47 bits per heavy atom.